The zero-order valence-electron chi connectivity index (χ0n) is 8.67. The molecule has 0 aliphatic heterocycles. The van der Waals surface area contributed by atoms with Gasteiger partial charge in [0.15, 0.2) is 0 Å². The molecule has 0 aromatic rings. The monoisotopic (exact) mass is 218 g/mol. The molecule has 0 unspecified atom stereocenters. The van der Waals surface area contributed by atoms with Crippen LogP contribution >= 0.6 is 12.6 Å². The van der Waals surface area contributed by atoms with Crippen LogP contribution in [0.5, 0.6) is 0 Å². The van der Waals surface area contributed by atoms with Gasteiger partial charge in [0.25, 0.3) is 0 Å². The fourth-order valence-electron chi connectivity index (χ4n) is 0.778. The minimum atomic E-state index is -0.148. The second-order valence-electron chi connectivity index (χ2n) is 3.46. The highest BCUT2D eigenvalue weighted by atomic mass is 32.1. The number of thiol groups is 1. The lowest BCUT2D eigenvalue weighted by Gasteiger charge is -2.07. The predicted octanol–water partition coefficient (Wildman–Crippen LogP) is 0.195. The zero-order chi connectivity index (χ0) is 11.0. The molecule has 0 heterocycles. The number of hydrogen-bond acceptors (Lipinski definition) is 3. The van der Waals surface area contributed by atoms with E-state index in [0.717, 1.165) is 0 Å². The maximum absolute atomic E-state index is 11.1. The lowest BCUT2D eigenvalue weighted by molar-refractivity contribution is -0.121. The first-order valence-electron chi connectivity index (χ1n) is 4.70. The van der Waals surface area contributed by atoms with Crippen molar-refractivity contribution in [3.8, 4) is 0 Å². The minimum absolute atomic E-state index is 0.0295. The molecule has 0 spiro atoms. The second-order valence-corrected chi connectivity index (χ2v) is 3.77. The molecule has 14 heavy (non-hydrogen) atoms. The van der Waals surface area contributed by atoms with Crippen molar-refractivity contribution in [3.63, 3.8) is 0 Å². The molecular formula is C9H18N2O2S. The Hall–Kier alpha value is -0.710. The van der Waals surface area contributed by atoms with Gasteiger partial charge in [-0.3, -0.25) is 9.59 Å². The van der Waals surface area contributed by atoms with Crippen molar-refractivity contribution in [2.75, 3.05) is 18.8 Å². The van der Waals surface area contributed by atoms with Crippen molar-refractivity contribution in [1.82, 2.24) is 10.6 Å². The van der Waals surface area contributed by atoms with Gasteiger partial charge in [0, 0.05) is 19.5 Å². The Labute approximate surface area is 90.2 Å². The highest BCUT2D eigenvalue weighted by Gasteiger charge is 2.02. The third-order valence-corrected chi connectivity index (χ3v) is 1.81. The van der Waals surface area contributed by atoms with Gasteiger partial charge in [-0.2, -0.15) is 12.6 Å². The maximum Gasteiger partial charge on any atom is 0.229 e. The molecule has 0 radical (unpaired) electrons. The summed E-state index contributed by atoms with van der Waals surface area (Å²) in [6, 6.07) is 0. The molecule has 0 aliphatic rings. The number of rotatable bonds is 6. The van der Waals surface area contributed by atoms with E-state index in [1.165, 1.54) is 0 Å². The van der Waals surface area contributed by atoms with Crippen LogP contribution in [0.25, 0.3) is 0 Å². The van der Waals surface area contributed by atoms with Gasteiger partial charge in [-0.05, 0) is 5.92 Å². The summed E-state index contributed by atoms with van der Waals surface area (Å²) in [4.78, 5) is 21.9. The molecule has 2 N–H and O–H groups in total. The van der Waals surface area contributed by atoms with Crippen LogP contribution in [0.4, 0.5) is 0 Å². The average Bonchev–Trinajstić information content (AvgIpc) is 2.14. The molecule has 5 heteroatoms. The van der Waals surface area contributed by atoms with E-state index < -0.39 is 0 Å². The summed E-state index contributed by atoms with van der Waals surface area (Å²) < 4.78 is 0. The van der Waals surface area contributed by atoms with E-state index in [-0.39, 0.29) is 17.6 Å². The fourth-order valence-corrected chi connectivity index (χ4v) is 0.890. The Morgan fingerprint density at radius 1 is 1.21 bits per heavy atom. The van der Waals surface area contributed by atoms with Crippen LogP contribution in [0.3, 0.4) is 0 Å². The third kappa shape index (κ3) is 7.91. The summed E-state index contributed by atoms with van der Waals surface area (Å²) in [5.41, 5.74) is 0. The number of nitrogens with one attached hydrogen (secondary N) is 2. The Kier molecular flexibility index (Phi) is 7.28. The van der Waals surface area contributed by atoms with Crippen molar-refractivity contribution in [2.24, 2.45) is 5.92 Å². The van der Waals surface area contributed by atoms with Gasteiger partial charge >= 0.3 is 0 Å². The summed E-state index contributed by atoms with van der Waals surface area (Å²) in [5, 5.41) is 5.34. The molecule has 0 atom stereocenters. The first-order chi connectivity index (χ1) is 6.56. The predicted molar refractivity (Wildman–Crippen MR) is 59.3 cm³/mol. The van der Waals surface area contributed by atoms with E-state index in [1.807, 2.05) is 13.8 Å². The summed E-state index contributed by atoms with van der Waals surface area (Å²) in [7, 11) is 0. The molecule has 4 nitrogen and oxygen atoms in total. The summed E-state index contributed by atoms with van der Waals surface area (Å²) in [6.45, 7) is 5.12. The number of hydrogen-bond donors (Lipinski definition) is 3. The Bertz CT molecular complexity index is 195. The van der Waals surface area contributed by atoms with E-state index >= 15 is 0 Å². The molecule has 2 amide bonds. The average molecular weight is 218 g/mol. The summed E-state index contributed by atoms with van der Waals surface area (Å²) in [5.74, 6) is 0.433. The van der Waals surface area contributed by atoms with Crippen molar-refractivity contribution in [1.29, 1.82) is 0 Å². The van der Waals surface area contributed by atoms with Gasteiger partial charge in [0.1, 0.15) is 0 Å². The summed E-state index contributed by atoms with van der Waals surface area (Å²) >= 11 is 3.80. The van der Waals surface area contributed by atoms with Gasteiger partial charge in [-0.15, -0.1) is 0 Å². The van der Waals surface area contributed by atoms with Crippen LogP contribution in [0.1, 0.15) is 20.3 Å². The molecule has 0 saturated carbocycles. The zero-order valence-corrected chi connectivity index (χ0v) is 9.56. The quantitative estimate of drug-likeness (QED) is 0.558. The minimum Gasteiger partial charge on any atom is -0.356 e. The molecule has 0 aromatic carbocycles. The molecule has 0 aromatic heterocycles. The fraction of sp³-hybridized carbons (Fsp3) is 0.778. The van der Waals surface area contributed by atoms with Gasteiger partial charge in [-0.25, -0.2) is 0 Å². The van der Waals surface area contributed by atoms with E-state index in [0.29, 0.717) is 25.4 Å². The second kappa shape index (κ2) is 7.67. The van der Waals surface area contributed by atoms with Gasteiger partial charge < -0.3 is 10.6 Å². The third-order valence-electron chi connectivity index (χ3n) is 1.53. The van der Waals surface area contributed by atoms with Crippen LogP contribution in [0.2, 0.25) is 0 Å². The standard InChI is InChI=1S/C9H18N2O2S/c1-7(2)5-11-8(12)3-4-10-9(13)6-14/h7,14H,3-6H2,1-2H3,(H,10,13)(H,11,12). The van der Waals surface area contributed by atoms with Crippen LogP contribution in [-0.4, -0.2) is 30.7 Å². The number of carbonyl (C=O) groups is 2. The van der Waals surface area contributed by atoms with Crippen LogP contribution < -0.4 is 10.6 Å². The number of carbonyl (C=O) groups excluding carboxylic acids is 2. The highest BCUT2D eigenvalue weighted by molar-refractivity contribution is 7.81. The molecule has 82 valence electrons. The molecule has 0 aliphatic carbocycles. The van der Waals surface area contributed by atoms with Crippen LogP contribution in [0.15, 0.2) is 0 Å². The van der Waals surface area contributed by atoms with Gasteiger partial charge in [-0.1, -0.05) is 13.8 Å². The largest absolute Gasteiger partial charge is 0.356 e. The van der Waals surface area contributed by atoms with Gasteiger partial charge in [0.05, 0.1) is 5.75 Å². The van der Waals surface area contributed by atoms with Crippen molar-refractivity contribution in [3.05, 3.63) is 0 Å². The maximum atomic E-state index is 11.1. The lowest BCUT2D eigenvalue weighted by atomic mass is 10.2. The molecule has 0 saturated heterocycles. The lowest BCUT2D eigenvalue weighted by Crippen LogP contribution is -2.32. The summed E-state index contributed by atoms with van der Waals surface area (Å²) in [6.07, 6.45) is 0.326. The van der Waals surface area contributed by atoms with Crippen LogP contribution in [-0.2, 0) is 9.59 Å². The molecule has 0 rings (SSSR count). The normalized spacial score (nSPS) is 10.0. The van der Waals surface area contributed by atoms with E-state index in [4.69, 9.17) is 0 Å². The Morgan fingerprint density at radius 2 is 1.86 bits per heavy atom. The number of amides is 2. The van der Waals surface area contributed by atoms with Gasteiger partial charge in [0.2, 0.25) is 11.8 Å². The Morgan fingerprint density at radius 3 is 2.36 bits per heavy atom. The van der Waals surface area contributed by atoms with E-state index in [1.54, 1.807) is 0 Å². The van der Waals surface area contributed by atoms with Crippen molar-refractivity contribution >= 4 is 24.4 Å². The smallest absolute Gasteiger partial charge is 0.229 e. The van der Waals surface area contributed by atoms with Crippen molar-refractivity contribution < 1.29 is 9.59 Å². The molecule has 0 fully saturated rings. The SMILES string of the molecule is CC(C)CNC(=O)CCNC(=O)CS. The Balaban J connectivity index is 3.40. The first kappa shape index (κ1) is 13.3. The molecule has 0 bridgehead atoms. The first-order valence-corrected chi connectivity index (χ1v) is 5.33. The van der Waals surface area contributed by atoms with E-state index in [2.05, 4.69) is 23.3 Å². The van der Waals surface area contributed by atoms with E-state index in [9.17, 15) is 9.59 Å². The topological polar surface area (TPSA) is 58.2 Å². The van der Waals surface area contributed by atoms with Crippen LogP contribution in [0, 0.1) is 5.92 Å². The van der Waals surface area contributed by atoms with Crippen molar-refractivity contribution in [2.45, 2.75) is 20.3 Å². The highest BCUT2D eigenvalue weighted by Crippen LogP contribution is 1.88. The molecular weight excluding hydrogens is 200 g/mol.